The summed E-state index contributed by atoms with van der Waals surface area (Å²) >= 11 is 0. The van der Waals surface area contributed by atoms with Gasteiger partial charge in [-0.25, -0.2) is 0 Å². The van der Waals surface area contributed by atoms with Crippen LogP contribution in [0.3, 0.4) is 0 Å². The van der Waals surface area contributed by atoms with Gasteiger partial charge in [0.15, 0.2) is 0 Å². The highest BCUT2D eigenvalue weighted by Gasteiger charge is 2.12. The standard InChI is InChI=1S/C8H10O.H2O/c1-3-7(4-1)9-8-5-2-6-8;/h3,5H,1-2,4,6H2;1H2. The maximum Gasteiger partial charge on any atom is 0.0999 e. The molecular weight excluding hydrogens is 128 g/mol. The molecule has 2 N–H and O–H groups in total. The third-order valence-electron chi connectivity index (χ3n) is 1.79. The van der Waals surface area contributed by atoms with Crippen molar-refractivity contribution in [2.24, 2.45) is 0 Å². The largest absolute Gasteiger partial charge is 0.467 e. The van der Waals surface area contributed by atoms with Crippen LogP contribution in [0.2, 0.25) is 0 Å². The van der Waals surface area contributed by atoms with E-state index in [2.05, 4.69) is 12.2 Å². The van der Waals surface area contributed by atoms with Crippen LogP contribution in [0.25, 0.3) is 0 Å². The fourth-order valence-electron chi connectivity index (χ4n) is 0.878. The summed E-state index contributed by atoms with van der Waals surface area (Å²) in [5, 5.41) is 0. The van der Waals surface area contributed by atoms with E-state index >= 15 is 0 Å². The lowest BCUT2D eigenvalue weighted by Gasteiger charge is -2.21. The fourth-order valence-corrected chi connectivity index (χ4v) is 0.878. The van der Waals surface area contributed by atoms with E-state index < -0.39 is 0 Å². The van der Waals surface area contributed by atoms with Crippen LogP contribution in [0.5, 0.6) is 0 Å². The Morgan fingerprint density at radius 1 is 1.00 bits per heavy atom. The van der Waals surface area contributed by atoms with Crippen LogP contribution in [0.1, 0.15) is 25.7 Å². The third-order valence-corrected chi connectivity index (χ3v) is 1.79. The molecule has 0 aliphatic heterocycles. The van der Waals surface area contributed by atoms with Crippen molar-refractivity contribution in [2.75, 3.05) is 0 Å². The van der Waals surface area contributed by atoms with Gasteiger partial charge in [-0.1, -0.05) is 0 Å². The van der Waals surface area contributed by atoms with Crippen molar-refractivity contribution >= 4 is 0 Å². The predicted molar refractivity (Wildman–Crippen MR) is 39.3 cm³/mol. The monoisotopic (exact) mass is 140 g/mol. The second kappa shape index (κ2) is 2.88. The molecule has 0 fully saturated rings. The van der Waals surface area contributed by atoms with Gasteiger partial charge in [0.2, 0.25) is 0 Å². The highest BCUT2D eigenvalue weighted by Crippen LogP contribution is 2.27. The summed E-state index contributed by atoms with van der Waals surface area (Å²) < 4.78 is 5.44. The topological polar surface area (TPSA) is 40.7 Å². The molecule has 0 bridgehead atoms. The van der Waals surface area contributed by atoms with Crippen molar-refractivity contribution < 1.29 is 10.2 Å². The molecule has 0 heterocycles. The first kappa shape index (κ1) is 7.35. The Morgan fingerprint density at radius 2 is 1.40 bits per heavy atom. The van der Waals surface area contributed by atoms with Crippen molar-refractivity contribution in [3.8, 4) is 0 Å². The molecule has 0 aromatic heterocycles. The molecular formula is C8H12O2. The first-order valence-corrected chi connectivity index (χ1v) is 3.51. The second-order valence-corrected chi connectivity index (χ2v) is 2.52. The normalized spacial score (nSPS) is 20.8. The quantitative estimate of drug-likeness (QED) is 0.573. The number of allylic oxidation sites excluding steroid dienone is 4. The smallest absolute Gasteiger partial charge is 0.0999 e. The highest BCUT2D eigenvalue weighted by atomic mass is 16.5. The fraction of sp³-hybridized carbons (Fsp3) is 0.500. The van der Waals surface area contributed by atoms with Crippen LogP contribution in [-0.2, 0) is 4.74 Å². The van der Waals surface area contributed by atoms with Crippen LogP contribution in [0.4, 0.5) is 0 Å². The van der Waals surface area contributed by atoms with Gasteiger partial charge in [0.1, 0.15) is 0 Å². The van der Waals surface area contributed by atoms with Gasteiger partial charge in [0.25, 0.3) is 0 Å². The molecule has 10 heavy (non-hydrogen) atoms. The molecule has 2 rings (SSSR count). The zero-order chi connectivity index (χ0) is 6.10. The Hall–Kier alpha value is -0.760. The van der Waals surface area contributed by atoms with Gasteiger partial charge in [-0.15, -0.1) is 0 Å². The van der Waals surface area contributed by atoms with Gasteiger partial charge in [-0.2, -0.15) is 0 Å². The molecule has 0 radical (unpaired) electrons. The van der Waals surface area contributed by atoms with Crippen LogP contribution in [-0.4, -0.2) is 5.48 Å². The summed E-state index contributed by atoms with van der Waals surface area (Å²) in [6.07, 6.45) is 9.03. The Morgan fingerprint density at radius 3 is 1.60 bits per heavy atom. The Kier molecular flexibility index (Phi) is 2.12. The Balaban J connectivity index is 0.000000500. The summed E-state index contributed by atoms with van der Waals surface area (Å²) in [5.41, 5.74) is 0. The van der Waals surface area contributed by atoms with Gasteiger partial charge in [0.05, 0.1) is 11.5 Å². The molecule has 0 aromatic carbocycles. The number of ether oxygens (including phenoxy) is 1. The minimum absolute atomic E-state index is 0. The van der Waals surface area contributed by atoms with Crippen molar-refractivity contribution in [2.45, 2.75) is 25.7 Å². The Bertz CT molecular complexity index is 160. The molecule has 2 aliphatic rings. The van der Waals surface area contributed by atoms with E-state index in [0.29, 0.717) is 0 Å². The molecule has 0 saturated heterocycles. The van der Waals surface area contributed by atoms with Crippen molar-refractivity contribution in [3.05, 3.63) is 23.7 Å². The average molecular weight is 140 g/mol. The predicted octanol–water partition coefficient (Wildman–Crippen LogP) is 1.53. The molecule has 0 aromatic rings. The lowest BCUT2D eigenvalue weighted by molar-refractivity contribution is 0.247. The summed E-state index contributed by atoms with van der Waals surface area (Å²) in [5.74, 6) is 2.36. The third kappa shape index (κ3) is 1.21. The number of hydrogen-bond donors (Lipinski definition) is 0. The summed E-state index contributed by atoms with van der Waals surface area (Å²) in [6.45, 7) is 0. The second-order valence-electron chi connectivity index (χ2n) is 2.52. The lowest BCUT2D eigenvalue weighted by Crippen LogP contribution is -2.03. The van der Waals surface area contributed by atoms with Gasteiger partial charge < -0.3 is 10.2 Å². The van der Waals surface area contributed by atoms with Crippen molar-refractivity contribution in [1.82, 2.24) is 0 Å². The molecule has 2 aliphatic carbocycles. The number of rotatable bonds is 2. The first-order chi connectivity index (χ1) is 4.45. The molecule has 0 atom stereocenters. The van der Waals surface area contributed by atoms with E-state index in [1.54, 1.807) is 0 Å². The van der Waals surface area contributed by atoms with Crippen LogP contribution in [0.15, 0.2) is 23.7 Å². The maximum atomic E-state index is 5.44. The van der Waals surface area contributed by atoms with Crippen LogP contribution < -0.4 is 0 Å². The average Bonchev–Trinajstić information content (AvgIpc) is 1.57. The molecule has 0 unspecified atom stereocenters. The van der Waals surface area contributed by atoms with E-state index in [1.807, 2.05) is 0 Å². The summed E-state index contributed by atoms with van der Waals surface area (Å²) in [6, 6.07) is 0. The minimum atomic E-state index is 0. The summed E-state index contributed by atoms with van der Waals surface area (Å²) in [7, 11) is 0. The van der Waals surface area contributed by atoms with E-state index in [4.69, 9.17) is 4.74 Å². The highest BCUT2D eigenvalue weighted by molar-refractivity contribution is 5.13. The summed E-state index contributed by atoms with van der Waals surface area (Å²) in [4.78, 5) is 0. The van der Waals surface area contributed by atoms with E-state index in [9.17, 15) is 0 Å². The lowest BCUT2D eigenvalue weighted by atomic mass is 10.1. The zero-order valence-electron chi connectivity index (χ0n) is 5.89. The van der Waals surface area contributed by atoms with Gasteiger partial charge >= 0.3 is 0 Å². The Labute approximate surface area is 60.5 Å². The van der Waals surface area contributed by atoms with Crippen LogP contribution in [0, 0.1) is 0 Å². The molecule has 2 nitrogen and oxygen atoms in total. The van der Waals surface area contributed by atoms with Crippen molar-refractivity contribution in [3.63, 3.8) is 0 Å². The SMILES string of the molecule is C1=C(OC2=CCC2)CC1.O. The zero-order valence-corrected chi connectivity index (χ0v) is 5.89. The molecule has 0 saturated carbocycles. The van der Waals surface area contributed by atoms with Gasteiger partial charge in [-0.05, 0) is 25.0 Å². The molecule has 56 valence electrons. The molecule has 0 amide bonds. The first-order valence-electron chi connectivity index (χ1n) is 3.51. The van der Waals surface area contributed by atoms with E-state index in [0.717, 1.165) is 12.8 Å². The van der Waals surface area contributed by atoms with Gasteiger partial charge in [-0.3, -0.25) is 0 Å². The molecule has 2 heteroatoms. The van der Waals surface area contributed by atoms with Gasteiger partial charge in [0, 0.05) is 12.8 Å². The van der Waals surface area contributed by atoms with Crippen molar-refractivity contribution in [1.29, 1.82) is 0 Å². The number of hydrogen-bond acceptors (Lipinski definition) is 1. The van der Waals surface area contributed by atoms with E-state index in [-0.39, 0.29) is 5.48 Å². The maximum absolute atomic E-state index is 5.44. The molecule has 0 spiro atoms. The van der Waals surface area contributed by atoms with Crippen LogP contribution >= 0.6 is 0 Å². The van der Waals surface area contributed by atoms with E-state index in [1.165, 1.54) is 24.4 Å². The minimum Gasteiger partial charge on any atom is -0.467 e.